The summed E-state index contributed by atoms with van der Waals surface area (Å²) in [5.74, 6) is -0.958. The van der Waals surface area contributed by atoms with Gasteiger partial charge in [-0.3, -0.25) is 9.36 Å². The van der Waals surface area contributed by atoms with Crippen molar-refractivity contribution in [1.29, 1.82) is 0 Å². The van der Waals surface area contributed by atoms with Gasteiger partial charge in [0.05, 0.1) is 34.3 Å². The first kappa shape index (κ1) is 15.6. The van der Waals surface area contributed by atoms with Crippen LogP contribution < -0.4 is 0 Å². The molecule has 0 amide bonds. The SMILES string of the molecule is CCc1nn(CC)c(Cn2nc(C)c(C(=O)O)c2C)c1Cl. The monoisotopic (exact) mass is 310 g/mol. The molecule has 2 rings (SSSR count). The van der Waals surface area contributed by atoms with Crippen molar-refractivity contribution in [2.45, 2.75) is 47.2 Å². The molecule has 2 aromatic heterocycles. The van der Waals surface area contributed by atoms with Crippen LogP contribution in [0.2, 0.25) is 5.02 Å². The first-order chi connectivity index (χ1) is 9.90. The van der Waals surface area contributed by atoms with Crippen LogP contribution in [0.4, 0.5) is 0 Å². The van der Waals surface area contributed by atoms with E-state index >= 15 is 0 Å². The van der Waals surface area contributed by atoms with Crippen molar-refractivity contribution >= 4 is 17.6 Å². The zero-order valence-electron chi connectivity index (χ0n) is 12.6. The van der Waals surface area contributed by atoms with Crippen LogP contribution in [0, 0.1) is 13.8 Å². The summed E-state index contributed by atoms with van der Waals surface area (Å²) in [6.07, 6.45) is 0.760. The molecule has 1 N–H and O–H groups in total. The lowest BCUT2D eigenvalue weighted by Crippen LogP contribution is -2.11. The molecule has 0 spiro atoms. The maximum Gasteiger partial charge on any atom is 0.339 e. The topological polar surface area (TPSA) is 72.9 Å². The number of carboxylic acid groups (broad SMARTS) is 1. The number of halogens is 1. The second-order valence-electron chi connectivity index (χ2n) is 4.89. The summed E-state index contributed by atoms with van der Waals surface area (Å²) in [7, 11) is 0. The van der Waals surface area contributed by atoms with Gasteiger partial charge in [-0.25, -0.2) is 4.79 Å². The van der Waals surface area contributed by atoms with E-state index in [1.807, 2.05) is 18.5 Å². The molecule has 21 heavy (non-hydrogen) atoms. The van der Waals surface area contributed by atoms with Gasteiger partial charge in [0.15, 0.2) is 0 Å². The molecular weight excluding hydrogens is 292 g/mol. The van der Waals surface area contributed by atoms with Gasteiger partial charge in [-0.15, -0.1) is 0 Å². The fraction of sp³-hybridized carbons (Fsp3) is 0.500. The minimum absolute atomic E-state index is 0.254. The van der Waals surface area contributed by atoms with Crippen molar-refractivity contribution in [3.63, 3.8) is 0 Å². The molecule has 2 aromatic rings. The summed E-state index contributed by atoms with van der Waals surface area (Å²) in [5, 5.41) is 18.6. The number of carbonyl (C=O) groups is 1. The van der Waals surface area contributed by atoms with E-state index in [0.717, 1.165) is 17.8 Å². The van der Waals surface area contributed by atoms with E-state index in [9.17, 15) is 9.90 Å². The highest BCUT2D eigenvalue weighted by Gasteiger charge is 2.20. The van der Waals surface area contributed by atoms with Crippen LogP contribution in [-0.4, -0.2) is 30.6 Å². The minimum Gasteiger partial charge on any atom is -0.478 e. The minimum atomic E-state index is -0.958. The van der Waals surface area contributed by atoms with Crippen LogP contribution in [0.25, 0.3) is 0 Å². The molecule has 0 bridgehead atoms. The summed E-state index contributed by atoms with van der Waals surface area (Å²) in [6.45, 7) is 8.58. The Morgan fingerprint density at radius 3 is 2.38 bits per heavy atom. The smallest absolute Gasteiger partial charge is 0.339 e. The number of hydrogen-bond donors (Lipinski definition) is 1. The van der Waals surface area contributed by atoms with Crippen LogP contribution in [-0.2, 0) is 19.5 Å². The lowest BCUT2D eigenvalue weighted by atomic mass is 10.2. The van der Waals surface area contributed by atoms with Crippen LogP contribution in [0.1, 0.15) is 47.0 Å². The van der Waals surface area contributed by atoms with Gasteiger partial charge in [-0.2, -0.15) is 10.2 Å². The Bertz CT molecular complexity index is 688. The van der Waals surface area contributed by atoms with E-state index in [-0.39, 0.29) is 5.56 Å². The lowest BCUT2D eigenvalue weighted by Gasteiger charge is -2.07. The highest BCUT2D eigenvalue weighted by molar-refractivity contribution is 6.31. The van der Waals surface area contributed by atoms with Crippen LogP contribution >= 0.6 is 11.6 Å². The van der Waals surface area contributed by atoms with Crippen LogP contribution in [0.5, 0.6) is 0 Å². The molecule has 0 atom stereocenters. The predicted molar refractivity (Wildman–Crippen MR) is 80.1 cm³/mol. The number of carboxylic acids is 1. The molecule has 0 radical (unpaired) electrons. The summed E-state index contributed by atoms with van der Waals surface area (Å²) < 4.78 is 3.52. The summed E-state index contributed by atoms with van der Waals surface area (Å²) in [5.41, 5.74) is 3.10. The van der Waals surface area contributed by atoms with E-state index < -0.39 is 5.97 Å². The number of nitrogens with zero attached hydrogens (tertiary/aromatic N) is 4. The summed E-state index contributed by atoms with van der Waals surface area (Å²) in [6, 6.07) is 0. The van der Waals surface area contributed by atoms with Crippen LogP contribution in [0.15, 0.2) is 0 Å². The number of aromatic carboxylic acids is 1. The molecule has 7 heteroatoms. The first-order valence-electron chi connectivity index (χ1n) is 6.91. The third-order valence-corrected chi connectivity index (χ3v) is 4.03. The molecular formula is C14H19ClN4O2. The average molecular weight is 311 g/mol. The molecule has 2 heterocycles. The second kappa shape index (κ2) is 5.89. The van der Waals surface area contributed by atoms with E-state index in [2.05, 4.69) is 10.2 Å². The molecule has 0 unspecified atom stereocenters. The Hall–Kier alpha value is -1.82. The molecule has 0 fully saturated rings. The third-order valence-electron chi connectivity index (χ3n) is 3.59. The highest BCUT2D eigenvalue weighted by atomic mass is 35.5. The van der Waals surface area contributed by atoms with Crippen molar-refractivity contribution in [2.24, 2.45) is 0 Å². The molecule has 0 aliphatic rings. The number of aryl methyl sites for hydroxylation is 3. The fourth-order valence-corrected chi connectivity index (χ4v) is 2.80. The van der Waals surface area contributed by atoms with E-state index in [1.54, 1.807) is 18.5 Å². The largest absolute Gasteiger partial charge is 0.478 e. The molecule has 0 aliphatic heterocycles. The van der Waals surface area contributed by atoms with Gasteiger partial charge < -0.3 is 5.11 Å². The predicted octanol–water partition coefficient (Wildman–Crippen LogP) is 2.68. The van der Waals surface area contributed by atoms with Gasteiger partial charge in [0.1, 0.15) is 5.56 Å². The molecule has 0 aliphatic carbocycles. The Morgan fingerprint density at radius 2 is 1.90 bits per heavy atom. The van der Waals surface area contributed by atoms with Crippen LogP contribution in [0.3, 0.4) is 0 Å². The number of hydrogen-bond acceptors (Lipinski definition) is 3. The quantitative estimate of drug-likeness (QED) is 0.921. The number of rotatable bonds is 5. The zero-order valence-corrected chi connectivity index (χ0v) is 13.4. The highest BCUT2D eigenvalue weighted by Crippen LogP contribution is 2.24. The Balaban J connectivity index is 2.46. The second-order valence-corrected chi connectivity index (χ2v) is 5.26. The van der Waals surface area contributed by atoms with Gasteiger partial charge >= 0.3 is 5.97 Å². The Kier molecular flexibility index (Phi) is 4.37. The van der Waals surface area contributed by atoms with Gasteiger partial charge in [0, 0.05) is 6.54 Å². The van der Waals surface area contributed by atoms with Gasteiger partial charge in [0.25, 0.3) is 0 Å². The van der Waals surface area contributed by atoms with E-state index in [0.29, 0.717) is 29.5 Å². The molecule has 114 valence electrons. The van der Waals surface area contributed by atoms with Crippen molar-refractivity contribution in [2.75, 3.05) is 0 Å². The molecule has 0 saturated heterocycles. The average Bonchev–Trinajstić information content (AvgIpc) is 2.88. The summed E-state index contributed by atoms with van der Waals surface area (Å²) in [4.78, 5) is 11.3. The van der Waals surface area contributed by atoms with Gasteiger partial charge in [-0.1, -0.05) is 18.5 Å². The standard InChI is InChI=1S/C14H19ClN4O2/c1-5-10-13(15)11(18(6-2)17-10)7-19-9(4)12(14(20)21)8(3)16-19/h5-7H2,1-4H3,(H,20,21). The van der Waals surface area contributed by atoms with Crippen molar-refractivity contribution in [3.8, 4) is 0 Å². The third kappa shape index (κ3) is 2.68. The Morgan fingerprint density at radius 1 is 1.24 bits per heavy atom. The zero-order chi connectivity index (χ0) is 15.7. The Labute approximate surface area is 128 Å². The van der Waals surface area contributed by atoms with Crippen molar-refractivity contribution in [1.82, 2.24) is 19.6 Å². The first-order valence-corrected chi connectivity index (χ1v) is 7.29. The van der Waals surface area contributed by atoms with Gasteiger partial charge in [0.2, 0.25) is 0 Å². The maximum absolute atomic E-state index is 11.3. The van der Waals surface area contributed by atoms with Crippen molar-refractivity contribution in [3.05, 3.63) is 33.4 Å². The normalized spacial score (nSPS) is 11.1. The fourth-order valence-electron chi connectivity index (χ4n) is 2.47. The molecule has 0 aromatic carbocycles. The summed E-state index contributed by atoms with van der Waals surface area (Å²) >= 11 is 6.38. The lowest BCUT2D eigenvalue weighted by molar-refractivity contribution is 0.0695. The van der Waals surface area contributed by atoms with E-state index in [1.165, 1.54) is 0 Å². The van der Waals surface area contributed by atoms with Crippen molar-refractivity contribution < 1.29 is 9.90 Å². The maximum atomic E-state index is 11.3. The number of aromatic nitrogens is 4. The van der Waals surface area contributed by atoms with Gasteiger partial charge in [-0.05, 0) is 27.2 Å². The van der Waals surface area contributed by atoms with E-state index in [4.69, 9.17) is 11.6 Å². The molecule has 0 saturated carbocycles. The molecule has 6 nitrogen and oxygen atoms in total.